The number of benzene rings is 2. The van der Waals surface area contributed by atoms with E-state index in [1.54, 1.807) is 6.08 Å². The molecule has 0 amide bonds. The highest BCUT2D eigenvalue weighted by atomic mass is 32.2. The van der Waals surface area contributed by atoms with Crippen LogP contribution in [0.3, 0.4) is 0 Å². The smallest absolute Gasteiger partial charge is 0.185 e. The number of aryl methyl sites for hydroxylation is 1. The van der Waals surface area contributed by atoms with E-state index in [2.05, 4.69) is 38.1 Å². The lowest BCUT2D eigenvalue weighted by Gasteiger charge is -2.04. The molecule has 2 heteroatoms. The number of carbonyl (C=O) groups excluding carboxylic acids is 1. The largest absolute Gasteiger partial charge is 0.289 e. The van der Waals surface area contributed by atoms with Gasteiger partial charge in [-0.25, -0.2) is 0 Å². The Kier molecular flexibility index (Phi) is 13.9. The summed E-state index contributed by atoms with van der Waals surface area (Å²) in [6.45, 7) is 4.40. The first-order valence-corrected chi connectivity index (χ1v) is 13.8. The number of allylic oxidation sites excluding steroid dienone is 1. The van der Waals surface area contributed by atoms with Gasteiger partial charge in [0.25, 0.3) is 0 Å². The maximum absolute atomic E-state index is 12.3. The first-order valence-electron chi connectivity index (χ1n) is 12.8. The van der Waals surface area contributed by atoms with Crippen molar-refractivity contribution in [3.8, 4) is 0 Å². The predicted octanol–water partition coefficient (Wildman–Crippen LogP) is 9.55. The van der Waals surface area contributed by atoms with Crippen LogP contribution in [0.1, 0.15) is 106 Å². The third-order valence-electron chi connectivity index (χ3n) is 5.97. The summed E-state index contributed by atoms with van der Waals surface area (Å²) in [6, 6.07) is 16.4. The van der Waals surface area contributed by atoms with E-state index in [9.17, 15) is 4.79 Å². The minimum Gasteiger partial charge on any atom is -0.289 e. The molecule has 0 N–H and O–H groups in total. The van der Waals surface area contributed by atoms with Crippen LogP contribution < -0.4 is 0 Å². The Labute approximate surface area is 201 Å². The van der Waals surface area contributed by atoms with Crippen LogP contribution in [0.2, 0.25) is 0 Å². The lowest BCUT2D eigenvalue weighted by atomic mass is 10.1. The van der Waals surface area contributed by atoms with Crippen molar-refractivity contribution in [2.24, 2.45) is 0 Å². The molecule has 32 heavy (non-hydrogen) atoms. The number of unbranched alkanes of at least 4 members (excludes halogenated alkanes) is 10. The number of ketones is 1. The Hall–Kier alpha value is -1.80. The van der Waals surface area contributed by atoms with Gasteiger partial charge in [-0.15, -0.1) is 11.8 Å². The molecule has 0 aromatic heterocycles. The van der Waals surface area contributed by atoms with Gasteiger partial charge in [0.2, 0.25) is 0 Å². The van der Waals surface area contributed by atoms with Crippen molar-refractivity contribution in [3.05, 3.63) is 71.3 Å². The number of carbonyl (C=O) groups is 1. The summed E-state index contributed by atoms with van der Waals surface area (Å²) >= 11 is 1.94. The maximum Gasteiger partial charge on any atom is 0.185 e. The van der Waals surface area contributed by atoms with Gasteiger partial charge in [0.1, 0.15) is 0 Å². The third-order valence-corrected chi connectivity index (χ3v) is 7.07. The Morgan fingerprint density at radius 3 is 1.84 bits per heavy atom. The normalized spacial score (nSPS) is 11.3. The van der Waals surface area contributed by atoms with Gasteiger partial charge < -0.3 is 0 Å². The van der Waals surface area contributed by atoms with E-state index >= 15 is 0 Å². The molecule has 0 atom stereocenters. The van der Waals surface area contributed by atoms with E-state index in [1.807, 2.05) is 42.1 Å². The summed E-state index contributed by atoms with van der Waals surface area (Å²) in [5.41, 5.74) is 3.08. The highest BCUT2D eigenvalue weighted by Gasteiger charge is 2.01. The molecule has 1 nitrogen and oxygen atoms in total. The first kappa shape index (κ1) is 26.5. The minimum atomic E-state index is 0.0580. The number of hydrogen-bond acceptors (Lipinski definition) is 2. The van der Waals surface area contributed by atoms with E-state index < -0.39 is 0 Å². The summed E-state index contributed by atoms with van der Waals surface area (Å²) in [4.78, 5) is 13.6. The van der Waals surface area contributed by atoms with Gasteiger partial charge in [-0.3, -0.25) is 4.79 Å². The molecular weight excluding hydrogens is 408 g/mol. The van der Waals surface area contributed by atoms with E-state index in [-0.39, 0.29) is 5.78 Å². The number of hydrogen-bond donors (Lipinski definition) is 0. The molecule has 0 saturated carbocycles. The van der Waals surface area contributed by atoms with Crippen LogP contribution in [-0.4, -0.2) is 11.5 Å². The maximum atomic E-state index is 12.3. The zero-order valence-corrected chi connectivity index (χ0v) is 21.1. The van der Waals surface area contributed by atoms with E-state index in [0.717, 1.165) is 17.5 Å². The highest BCUT2D eigenvalue weighted by molar-refractivity contribution is 7.99. The minimum absolute atomic E-state index is 0.0580. The summed E-state index contributed by atoms with van der Waals surface area (Å²) in [6.07, 6.45) is 19.9. The zero-order valence-electron chi connectivity index (χ0n) is 20.3. The lowest BCUT2D eigenvalue weighted by Crippen LogP contribution is -1.94. The molecule has 0 aliphatic carbocycles. The average Bonchev–Trinajstić information content (AvgIpc) is 2.84. The van der Waals surface area contributed by atoms with Crippen LogP contribution in [-0.2, 0) is 6.42 Å². The zero-order chi connectivity index (χ0) is 22.9. The Morgan fingerprint density at radius 2 is 1.28 bits per heavy atom. The van der Waals surface area contributed by atoms with Crippen molar-refractivity contribution >= 4 is 23.6 Å². The average molecular weight is 451 g/mol. The van der Waals surface area contributed by atoms with Gasteiger partial charge in [0.15, 0.2) is 5.78 Å². The fourth-order valence-corrected chi connectivity index (χ4v) is 4.72. The predicted molar refractivity (Wildman–Crippen MR) is 143 cm³/mol. The van der Waals surface area contributed by atoms with Crippen molar-refractivity contribution in [1.82, 2.24) is 0 Å². The molecular formula is C30H42OS. The van der Waals surface area contributed by atoms with E-state index in [1.165, 1.54) is 86.8 Å². The molecule has 0 aliphatic rings. The van der Waals surface area contributed by atoms with Crippen LogP contribution in [0.5, 0.6) is 0 Å². The molecule has 0 radical (unpaired) electrons. The molecule has 0 saturated heterocycles. The first-order chi connectivity index (χ1) is 15.7. The van der Waals surface area contributed by atoms with Crippen molar-refractivity contribution in [1.29, 1.82) is 0 Å². The molecule has 174 valence electrons. The molecule has 0 heterocycles. The fourth-order valence-electron chi connectivity index (χ4n) is 3.80. The van der Waals surface area contributed by atoms with Gasteiger partial charge in [-0.1, -0.05) is 121 Å². The molecule has 0 aliphatic heterocycles. The lowest BCUT2D eigenvalue weighted by molar-refractivity contribution is 0.104. The van der Waals surface area contributed by atoms with Gasteiger partial charge in [-0.05, 0) is 47.9 Å². The molecule has 2 aromatic rings. The number of rotatable bonds is 17. The molecule has 2 aromatic carbocycles. The highest BCUT2D eigenvalue weighted by Crippen LogP contribution is 2.21. The third kappa shape index (κ3) is 11.2. The number of thioether (sulfide) groups is 1. The molecule has 0 bridgehead atoms. The van der Waals surface area contributed by atoms with Crippen LogP contribution >= 0.6 is 11.8 Å². The van der Waals surface area contributed by atoms with Crippen LogP contribution in [0.15, 0.2) is 59.5 Å². The molecule has 0 fully saturated rings. The van der Waals surface area contributed by atoms with Crippen molar-refractivity contribution in [2.75, 3.05) is 5.75 Å². The second-order valence-corrected chi connectivity index (χ2v) is 9.87. The fraction of sp³-hybridized carbons (Fsp3) is 0.500. The second kappa shape index (κ2) is 16.8. The van der Waals surface area contributed by atoms with Crippen LogP contribution in [0.25, 0.3) is 6.08 Å². The Balaban J connectivity index is 1.56. The summed E-state index contributed by atoms with van der Waals surface area (Å²) in [5, 5.41) is 0. The molecule has 2 rings (SSSR count). The van der Waals surface area contributed by atoms with E-state index in [0.29, 0.717) is 0 Å². The standard InChI is InChI=1S/C30H42OS/c1-3-5-6-7-8-9-10-11-12-13-14-25-32-29-22-17-27(18-23-29)19-24-30(31)28-20-15-26(4-2)16-21-28/h15-24H,3-14,25H2,1-2H3/b24-19+. The monoisotopic (exact) mass is 450 g/mol. The van der Waals surface area contributed by atoms with Gasteiger partial charge in [0.05, 0.1) is 0 Å². The Bertz CT molecular complexity index is 773. The van der Waals surface area contributed by atoms with Gasteiger partial charge >= 0.3 is 0 Å². The Morgan fingerprint density at radius 1 is 0.719 bits per heavy atom. The summed E-state index contributed by atoms with van der Waals surface area (Å²) < 4.78 is 0. The van der Waals surface area contributed by atoms with Crippen molar-refractivity contribution in [2.45, 2.75) is 95.8 Å². The van der Waals surface area contributed by atoms with Crippen LogP contribution in [0.4, 0.5) is 0 Å². The van der Waals surface area contributed by atoms with E-state index in [4.69, 9.17) is 0 Å². The quantitative estimate of drug-likeness (QED) is 0.103. The van der Waals surface area contributed by atoms with Gasteiger partial charge in [-0.2, -0.15) is 0 Å². The summed E-state index contributed by atoms with van der Waals surface area (Å²) in [7, 11) is 0. The van der Waals surface area contributed by atoms with Crippen molar-refractivity contribution < 1.29 is 4.79 Å². The van der Waals surface area contributed by atoms with Crippen LogP contribution in [0, 0.1) is 0 Å². The topological polar surface area (TPSA) is 17.1 Å². The second-order valence-electron chi connectivity index (χ2n) is 8.70. The van der Waals surface area contributed by atoms with Gasteiger partial charge in [0, 0.05) is 10.5 Å². The van der Waals surface area contributed by atoms with Crippen molar-refractivity contribution in [3.63, 3.8) is 0 Å². The molecule has 0 spiro atoms. The molecule has 0 unspecified atom stereocenters. The summed E-state index contributed by atoms with van der Waals surface area (Å²) in [5.74, 6) is 1.25. The SMILES string of the molecule is CCCCCCCCCCCCCSc1ccc(/C=C/C(=O)c2ccc(CC)cc2)cc1.